The van der Waals surface area contributed by atoms with E-state index in [-0.39, 0.29) is 12.6 Å². The molecule has 0 aliphatic rings. The lowest BCUT2D eigenvalue weighted by Crippen LogP contribution is -2.19. The summed E-state index contributed by atoms with van der Waals surface area (Å²) >= 11 is 0. The first-order valence-electron chi connectivity index (χ1n) is 8.42. The number of likely N-dealkylation sites (N-methyl/N-ethyl adjacent to an activating group) is 1. The number of rotatable bonds is 9. The van der Waals surface area contributed by atoms with Crippen LogP contribution >= 0.6 is 0 Å². The maximum absolute atomic E-state index is 8.96. The molecule has 0 fully saturated rings. The van der Waals surface area contributed by atoms with E-state index in [0.717, 1.165) is 23.5 Å². The first-order chi connectivity index (χ1) is 11.6. The number of ether oxygens (including phenoxy) is 1. The minimum Gasteiger partial charge on any atom is -0.492 e. The summed E-state index contributed by atoms with van der Waals surface area (Å²) in [5, 5.41) is 12.5. The highest BCUT2D eigenvalue weighted by molar-refractivity contribution is 5.47. The van der Waals surface area contributed by atoms with Crippen LogP contribution in [0.5, 0.6) is 5.75 Å². The summed E-state index contributed by atoms with van der Waals surface area (Å²) in [7, 11) is 4.08. The molecule has 0 saturated carbocycles. The van der Waals surface area contributed by atoms with Gasteiger partial charge in [0.15, 0.2) is 0 Å². The van der Waals surface area contributed by atoms with E-state index in [1.54, 1.807) is 0 Å². The van der Waals surface area contributed by atoms with Crippen molar-refractivity contribution >= 4 is 5.69 Å². The zero-order valence-corrected chi connectivity index (χ0v) is 14.8. The van der Waals surface area contributed by atoms with Gasteiger partial charge in [-0.1, -0.05) is 24.3 Å². The van der Waals surface area contributed by atoms with E-state index in [2.05, 4.69) is 41.4 Å². The van der Waals surface area contributed by atoms with Gasteiger partial charge in [0.05, 0.1) is 0 Å². The third-order valence-electron chi connectivity index (χ3n) is 3.92. The van der Waals surface area contributed by atoms with Crippen LogP contribution < -0.4 is 10.1 Å². The van der Waals surface area contributed by atoms with Gasteiger partial charge in [0, 0.05) is 24.9 Å². The zero-order chi connectivity index (χ0) is 17.4. The lowest BCUT2D eigenvalue weighted by Gasteiger charge is -2.17. The van der Waals surface area contributed by atoms with Crippen molar-refractivity contribution < 1.29 is 9.84 Å². The van der Waals surface area contributed by atoms with Crippen molar-refractivity contribution in [3.63, 3.8) is 0 Å². The lowest BCUT2D eigenvalue weighted by atomic mass is 10.1. The van der Waals surface area contributed by atoms with Crippen LogP contribution in [0.3, 0.4) is 0 Å². The Labute approximate surface area is 145 Å². The molecular weight excluding hydrogens is 300 g/mol. The van der Waals surface area contributed by atoms with E-state index in [9.17, 15) is 0 Å². The van der Waals surface area contributed by atoms with Gasteiger partial charge in [-0.25, -0.2) is 0 Å². The van der Waals surface area contributed by atoms with Gasteiger partial charge in [0.25, 0.3) is 0 Å². The molecule has 0 radical (unpaired) electrons. The Kier molecular flexibility index (Phi) is 7.09. The summed E-state index contributed by atoms with van der Waals surface area (Å²) in [5.41, 5.74) is 3.44. The Morgan fingerprint density at radius 3 is 2.29 bits per heavy atom. The first kappa shape index (κ1) is 18.3. The second-order valence-corrected chi connectivity index (χ2v) is 6.26. The van der Waals surface area contributed by atoms with Gasteiger partial charge >= 0.3 is 0 Å². The molecule has 0 amide bonds. The van der Waals surface area contributed by atoms with Crippen LogP contribution in [0, 0.1) is 0 Å². The molecule has 2 aromatic rings. The fourth-order valence-electron chi connectivity index (χ4n) is 2.43. The Bertz CT molecular complexity index is 594. The van der Waals surface area contributed by atoms with Gasteiger partial charge in [-0.05, 0) is 62.8 Å². The number of nitrogens with one attached hydrogen (secondary N) is 1. The Morgan fingerprint density at radius 2 is 1.71 bits per heavy atom. The molecule has 1 atom stereocenters. The van der Waals surface area contributed by atoms with Crippen LogP contribution in [0.15, 0.2) is 48.5 Å². The number of anilines is 1. The Balaban J connectivity index is 1.88. The summed E-state index contributed by atoms with van der Waals surface area (Å²) in [6.07, 6.45) is 0.700. The van der Waals surface area contributed by atoms with E-state index < -0.39 is 0 Å². The Hall–Kier alpha value is -2.04. The molecule has 0 aliphatic carbocycles. The van der Waals surface area contributed by atoms with E-state index in [0.29, 0.717) is 13.0 Å². The Morgan fingerprint density at radius 1 is 1.04 bits per heavy atom. The number of aliphatic hydroxyl groups excluding tert-OH is 1. The third kappa shape index (κ3) is 5.87. The van der Waals surface area contributed by atoms with Crippen molar-refractivity contribution in [2.75, 3.05) is 39.2 Å². The highest BCUT2D eigenvalue weighted by atomic mass is 16.5. The fraction of sp³-hybridized carbons (Fsp3) is 0.400. The number of hydrogen-bond acceptors (Lipinski definition) is 4. The average Bonchev–Trinajstić information content (AvgIpc) is 2.57. The van der Waals surface area contributed by atoms with E-state index in [1.165, 1.54) is 5.56 Å². The molecule has 0 spiro atoms. The molecule has 24 heavy (non-hydrogen) atoms. The van der Waals surface area contributed by atoms with E-state index in [1.807, 2.05) is 38.4 Å². The maximum atomic E-state index is 8.96. The van der Waals surface area contributed by atoms with Gasteiger partial charge < -0.3 is 20.1 Å². The second kappa shape index (κ2) is 9.30. The van der Waals surface area contributed by atoms with Gasteiger partial charge in [0.2, 0.25) is 0 Å². The second-order valence-electron chi connectivity index (χ2n) is 6.26. The summed E-state index contributed by atoms with van der Waals surface area (Å²) in [4.78, 5) is 2.10. The highest BCUT2D eigenvalue weighted by Gasteiger charge is 2.06. The topological polar surface area (TPSA) is 44.7 Å². The van der Waals surface area contributed by atoms with E-state index in [4.69, 9.17) is 9.84 Å². The molecule has 130 valence electrons. The number of benzene rings is 2. The standard InChI is InChI=1S/C20H28N2O2/c1-16(21-19-8-4-17(5-9-19)12-14-23)18-6-10-20(11-7-18)24-15-13-22(2)3/h4-11,16,21,23H,12-15H2,1-3H3. The van der Waals surface area contributed by atoms with Gasteiger partial charge in [0.1, 0.15) is 12.4 Å². The van der Waals surface area contributed by atoms with Crippen LogP contribution in [0.4, 0.5) is 5.69 Å². The largest absolute Gasteiger partial charge is 0.492 e. The summed E-state index contributed by atoms with van der Waals surface area (Å²) in [6, 6.07) is 16.7. The van der Waals surface area contributed by atoms with E-state index >= 15 is 0 Å². The molecule has 4 heteroatoms. The molecule has 0 bridgehead atoms. The molecule has 2 aromatic carbocycles. The molecule has 2 N–H and O–H groups in total. The van der Waals surface area contributed by atoms with Crippen LogP contribution in [0.2, 0.25) is 0 Å². The monoisotopic (exact) mass is 328 g/mol. The maximum Gasteiger partial charge on any atom is 0.119 e. The molecule has 0 aliphatic heterocycles. The quantitative estimate of drug-likeness (QED) is 0.741. The summed E-state index contributed by atoms with van der Waals surface area (Å²) in [5.74, 6) is 0.904. The van der Waals surface area contributed by atoms with Gasteiger partial charge in [-0.2, -0.15) is 0 Å². The predicted molar refractivity (Wildman–Crippen MR) is 99.8 cm³/mol. The smallest absolute Gasteiger partial charge is 0.119 e. The van der Waals surface area contributed by atoms with Crippen molar-refractivity contribution in [1.29, 1.82) is 0 Å². The normalized spacial score (nSPS) is 12.2. The molecule has 0 saturated heterocycles. The molecule has 4 nitrogen and oxygen atoms in total. The van der Waals surface area contributed by atoms with Crippen molar-refractivity contribution in [3.8, 4) is 5.75 Å². The summed E-state index contributed by atoms with van der Waals surface area (Å²) < 4.78 is 5.72. The lowest BCUT2D eigenvalue weighted by molar-refractivity contribution is 0.261. The number of aliphatic hydroxyl groups is 1. The minimum absolute atomic E-state index is 0.187. The number of nitrogens with zero attached hydrogens (tertiary/aromatic N) is 1. The van der Waals surface area contributed by atoms with Gasteiger partial charge in [-0.3, -0.25) is 0 Å². The van der Waals surface area contributed by atoms with Crippen molar-refractivity contribution in [1.82, 2.24) is 4.90 Å². The van der Waals surface area contributed by atoms with Gasteiger partial charge in [-0.15, -0.1) is 0 Å². The molecule has 0 aromatic heterocycles. The minimum atomic E-state index is 0.187. The van der Waals surface area contributed by atoms with Crippen LogP contribution in [0.1, 0.15) is 24.1 Å². The SMILES string of the molecule is CC(Nc1ccc(CCO)cc1)c1ccc(OCCN(C)C)cc1. The van der Waals surface area contributed by atoms with Crippen molar-refractivity contribution in [2.45, 2.75) is 19.4 Å². The van der Waals surface area contributed by atoms with Crippen LogP contribution in [0.25, 0.3) is 0 Å². The third-order valence-corrected chi connectivity index (χ3v) is 3.92. The number of hydrogen-bond donors (Lipinski definition) is 2. The first-order valence-corrected chi connectivity index (χ1v) is 8.42. The average molecular weight is 328 g/mol. The zero-order valence-electron chi connectivity index (χ0n) is 14.8. The summed E-state index contributed by atoms with van der Waals surface area (Å²) in [6.45, 7) is 3.93. The molecule has 2 rings (SSSR count). The van der Waals surface area contributed by atoms with Crippen LogP contribution in [-0.4, -0.2) is 43.9 Å². The van der Waals surface area contributed by atoms with Crippen molar-refractivity contribution in [2.24, 2.45) is 0 Å². The highest BCUT2D eigenvalue weighted by Crippen LogP contribution is 2.22. The fourth-order valence-corrected chi connectivity index (χ4v) is 2.43. The van der Waals surface area contributed by atoms with Crippen LogP contribution in [-0.2, 0) is 6.42 Å². The molecule has 1 unspecified atom stereocenters. The van der Waals surface area contributed by atoms with Crippen molar-refractivity contribution in [3.05, 3.63) is 59.7 Å². The molecular formula is C20H28N2O2. The molecule has 0 heterocycles. The predicted octanol–water partition coefficient (Wildman–Crippen LogP) is 3.33.